The van der Waals surface area contributed by atoms with Gasteiger partial charge in [0.15, 0.2) is 0 Å². The summed E-state index contributed by atoms with van der Waals surface area (Å²) in [6.07, 6.45) is 2.76. The van der Waals surface area contributed by atoms with Crippen molar-refractivity contribution in [3.05, 3.63) is 30.5 Å². The van der Waals surface area contributed by atoms with Crippen molar-refractivity contribution in [1.82, 2.24) is 9.97 Å². The Morgan fingerprint density at radius 3 is 2.82 bits per heavy atom. The lowest BCUT2D eigenvalue weighted by atomic mass is 10.00. The van der Waals surface area contributed by atoms with Crippen LogP contribution in [0.1, 0.15) is 20.3 Å². The number of hydrogen-bond acceptors (Lipinski definition) is 4. The van der Waals surface area contributed by atoms with Gasteiger partial charge in [0.2, 0.25) is 5.95 Å². The Kier molecular flexibility index (Phi) is 3.24. The molecule has 1 aromatic carbocycles. The van der Waals surface area contributed by atoms with E-state index < -0.39 is 0 Å². The standard InChI is InChI=1S/C13H18N4/c1-3-13(2,9-14)17-12-15-8-10-6-4-5-7-11(10)16-12/h4-8H,3,9,14H2,1-2H3,(H,15,16,17). The molecule has 2 aromatic rings. The summed E-state index contributed by atoms with van der Waals surface area (Å²) in [5.74, 6) is 0.638. The van der Waals surface area contributed by atoms with Gasteiger partial charge in [-0.25, -0.2) is 9.97 Å². The molecule has 1 atom stereocenters. The number of fused-ring (bicyclic) bond motifs is 1. The van der Waals surface area contributed by atoms with Crippen molar-refractivity contribution in [3.63, 3.8) is 0 Å². The van der Waals surface area contributed by atoms with Crippen LogP contribution in [0.4, 0.5) is 5.95 Å². The van der Waals surface area contributed by atoms with Crippen molar-refractivity contribution in [2.75, 3.05) is 11.9 Å². The van der Waals surface area contributed by atoms with Crippen LogP contribution >= 0.6 is 0 Å². The molecule has 17 heavy (non-hydrogen) atoms. The van der Waals surface area contributed by atoms with Gasteiger partial charge >= 0.3 is 0 Å². The van der Waals surface area contributed by atoms with E-state index in [0.29, 0.717) is 12.5 Å². The smallest absolute Gasteiger partial charge is 0.223 e. The number of nitrogens with one attached hydrogen (secondary N) is 1. The van der Waals surface area contributed by atoms with Crippen LogP contribution in [-0.2, 0) is 0 Å². The average molecular weight is 230 g/mol. The second kappa shape index (κ2) is 4.67. The predicted octanol–water partition coefficient (Wildman–Crippen LogP) is 2.17. The van der Waals surface area contributed by atoms with E-state index in [1.807, 2.05) is 30.5 Å². The van der Waals surface area contributed by atoms with Crippen molar-refractivity contribution < 1.29 is 0 Å². The Bertz CT molecular complexity index is 506. The molecule has 0 spiro atoms. The summed E-state index contributed by atoms with van der Waals surface area (Å²) in [7, 11) is 0. The number of benzene rings is 1. The van der Waals surface area contributed by atoms with Crippen LogP contribution in [0.25, 0.3) is 10.9 Å². The van der Waals surface area contributed by atoms with Crippen molar-refractivity contribution in [3.8, 4) is 0 Å². The van der Waals surface area contributed by atoms with Crippen molar-refractivity contribution in [1.29, 1.82) is 0 Å². The predicted molar refractivity (Wildman–Crippen MR) is 70.9 cm³/mol. The monoisotopic (exact) mass is 230 g/mol. The molecule has 2 rings (SSSR count). The molecule has 3 N–H and O–H groups in total. The zero-order valence-electron chi connectivity index (χ0n) is 10.3. The van der Waals surface area contributed by atoms with E-state index in [1.165, 1.54) is 0 Å². The van der Waals surface area contributed by atoms with Crippen molar-refractivity contribution >= 4 is 16.9 Å². The molecule has 0 bridgehead atoms. The Morgan fingerprint density at radius 1 is 1.35 bits per heavy atom. The van der Waals surface area contributed by atoms with Crippen LogP contribution in [0.5, 0.6) is 0 Å². The quantitative estimate of drug-likeness (QED) is 0.845. The van der Waals surface area contributed by atoms with Crippen LogP contribution < -0.4 is 11.1 Å². The molecule has 0 radical (unpaired) electrons. The van der Waals surface area contributed by atoms with Crippen LogP contribution in [0.15, 0.2) is 30.5 Å². The van der Waals surface area contributed by atoms with E-state index in [2.05, 4.69) is 29.1 Å². The molecule has 0 amide bonds. The molecule has 0 saturated carbocycles. The van der Waals surface area contributed by atoms with Crippen molar-refractivity contribution in [2.45, 2.75) is 25.8 Å². The molecule has 1 aromatic heterocycles. The van der Waals surface area contributed by atoms with Crippen LogP contribution in [0.3, 0.4) is 0 Å². The number of aromatic nitrogens is 2. The molecular formula is C13H18N4. The van der Waals surface area contributed by atoms with Crippen LogP contribution in [0, 0.1) is 0 Å². The summed E-state index contributed by atoms with van der Waals surface area (Å²) in [6, 6.07) is 7.94. The topological polar surface area (TPSA) is 63.8 Å². The Balaban J connectivity index is 2.31. The number of rotatable bonds is 4. The first-order chi connectivity index (χ1) is 8.17. The summed E-state index contributed by atoms with van der Waals surface area (Å²) < 4.78 is 0. The van der Waals surface area contributed by atoms with E-state index in [0.717, 1.165) is 17.3 Å². The molecule has 0 saturated heterocycles. The van der Waals surface area contributed by atoms with E-state index in [9.17, 15) is 0 Å². The van der Waals surface area contributed by atoms with E-state index in [-0.39, 0.29) is 5.54 Å². The fourth-order valence-electron chi connectivity index (χ4n) is 1.59. The second-order valence-electron chi connectivity index (χ2n) is 4.50. The average Bonchev–Trinajstić information content (AvgIpc) is 2.38. The zero-order chi connectivity index (χ0) is 12.3. The maximum atomic E-state index is 5.76. The minimum Gasteiger partial charge on any atom is -0.348 e. The molecule has 90 valence electrons. The molecule has 0 aliphatic carbocycles. The lowest BCUT2D eigenvalue weighted by Gasteiger charge is -2.27. The fraction of sp³-hybridized carbons (Fsp3) is 0.385. The first kappa shape index (κ1) is 11.8. The molecule has 0 aliphatic heterocycles. The highest BCUT2D eigenvalue weighted by molar-refractivity contribution is 5.78. The third-order valence-corrected chi connectivity index (χ3v) is 3.13. The SMILES string of the molecule is CCC(C)(CN)Nc1ncc2ccccc2n1. The zero-order valence-corrected chi connectivity index (χ0v) is 10.3. The molecule has 4 nitrogen and oxygen atoms in total. The lowest BCUT2D eigenvalue weighted by Crippen LogP contribution is -2.42. The number of nitrogens with zero attached hydrogens (tertiary/aromatic N) is 2. The highest BCUT2D eigenvalue weighted by Gasteiger charge is 2.20. The van der Waals surface area contributed by atoms with E-state index >= 15 is 0 Å². The minimum absolute atomic E-state index is 0.150. The molecule has 0 fully saturated rings. The highest BCUT2D eigenvalue weighted by Crippen LogP contribution is 2.16. The largest absolute Gasteiger partial charge is 0.348 e. The van der Waals surface area contributed by atoms with Crippen LogP contribution in [-0.4, -0.2) is 22.1 Å². The molecule has 0 aliphatic rings. The van der Waals surface area contributed by atoms with Gasteiger partial charge in [0.25, 0.3) is 0 Å². The third-order valence-electron chi connectivity index (χ3n) is 3.13. The summed E-state index contributed by atoms with van der Waals surface area (Å²) in [6.45, 7) is 4.73. The number of para-hydroxylation sites is 1. The molecule has 4 heteroatoms. The summed E-state index contributed by atoms with van der Waals surface area (Å²) >= 11 is 0. The van der Waals surface area contributed by atoms with Gasteiger partial charge in [-0.15, -0.1) is 0 Å². The third kappa shape index (κ3) is 2.53. The first-order valence-corrected chi connectivity index (χ1v) is 5.87. The Labute approximate surface area is 101 Å². The van der Waals surface area contributed by atoms with Gasteiger partial charge in [0, 0.05) is 23.7 Å². The Morgan fingerprint density at radius 2 is 2.12 bits per heavy atom. The Hall–Kier alpha value is -1.68. The summed E-state index contributed by atoms with van der Waals surface area (Å²) in [4.78, 5) is 8.79. The molecule has 1 heterocycles. The first-order valence-electron chi connectivity index (χ1n) is 5.87. The second-order valence-corrected chi connectivity index (χ2v) is 4.50. The van der Waals surface area contributed by atoms with Gasteiger partial charge < -0.3 is 11.1 Å². The summed E-state index contributed by atoms with van der Waals surface area (Å²) in [5, 5.41) is 4.35. The van der Waals surface area contributed by atoms with Gasteiger partial charge in [-0.3, -0.25) is 0 Å². The van der Waals surface area contributed by atoms with Gasteiger partial charge in [-0.1, -0.05) is 25.1 Å². The van der Waals surface area contributed by atoms with Gasteiger partial charge in [-0.05, 0) is 19.4 Å². The molecule has 1 unspecified atom stereocenters. The number of hydrogen-bond donors (Lipinski definition) is 2. The summed E-state index contributed by atoms with van der Waals surface area (Å²) in [5.41, 5.74) is 6.55. The van der Waals surface area contributed by atoms with E-state index in [1.54, 1.807) is 0 Å². The molecular weight excluding hydrogens is 212 g/mol. The number of anilines is 1. The lowest BCUT2D eigenvalue weighted by molar-refractivity contribution is 0.502. The fourth-order valence-corrected chi connectivity index (χ4v) is 1.59. The highest BCUT2D eigenvalue weighted by atomic mass is 15.1. The van der Waals surface area contributed by atoms with Gasteiger partial charge in [-0.2, -0.15) is 0 Å². The van der Waals surface area contributed by atoms with E-state index in [4.69, 9.17) is 5.73 Å². The van der Waals surface area contributed by atoms with Crippen LogP contribution in [0.2, 0.25) is 0 Å². The minimum atomic E-state index is -0.150. The maximum Gasteiger partial charge on any atom is 0.223 e. The van der Waals surface area contributed by atoms with Gasteiger partial charge in [0.1, 0.15) is 0 Å². The normalized spacial score (nSPS) is 14.5. The number of nitrogens with two attached hydrogens (primary N) is 1. The van der Waals surface area contributed by atoms with Gasteiger partial charge in [0.05, 0.1) is 5.52 Å². The maximum absolute atomic E-state index is 5.76. The van der Waals surface area contributed by atoms with Crippen molar-refractivity contribution in [2.24, 2.45) is 5.73 Å².